The molecule has 4 heteroatoms. The fourth-order valence-electron chi connectivity index (χ4n) is 4.27. The van der Waals surface area contributed by atoms with Crippen molar-refractivity contribution in [1.29, 1.82) is 0 Å². The van der Waals surface area contributed by atoms with Crippen LogP contribution in [0.15, 0.2) is 48.5 Å². The first-order valence-corrected chi connectivity index (χ1v) is 9.21. The summed E-state index contributed by atoms with van der Waals surface area (Å²) in [7, 11) is 0. The van der Waals surface area contributed by atoms with Crippen LogP contribution in [0.2, 0.25) is 10.0 Å². The molecular formula is C20H19Cl2NO. The smallest absolute Gasteiger partial charge is 0.142 e. The number of fused-ring (bicyclic) bond motifs is 2. The molecule has 2 bridgehead atoms. The molecule has 2 aromatic carbocycles. The van der Waals surface area contributed by atoms with Crippen molar-refractivity contribution in [3.63, 3.8) is 0 Å². The Morgan fingerprint density at radius 2 is 1.25 bits per heavy atom. The van der Waals surface area contributed by atoms with E-state index in [0.717, 1.165) is 30.4 Å². The Hall–Kier alpha value is -1.35. The molecule has 4 atom stereocenters. The molecule has 2 aromatic rings. The Balaban J connectivity index is 1.78. The van der Waals surface area contributed by atoms with E-state index in [1.807, 2.05) is 48.5 Å². The predicted octanol–water partition coefficient (Wildman–Crippen LogP) is 5.36. The lowest BCUT2D eigenvalue weighted by molar-refractivity contribution is -0.135. The van der Waals surface area contributed by atoms with Crippen LogP contribution in [0.4, 0.5) is 0 Å². The van der Waals surface area contributed by atoms with E-state index in [4.69, 9.17) is 23.2 Å². The fourth-order valence-corrected chi connectivity index (χ4v) is 4.78. The molecule has 0 spiro atoms. The number of piperidine rings is 1. The first-order chi connectivity index (χ1) is 11.7. The number of carbonyl (C=O) groups is 1. The van der Waals surface area contributed by atoms with E-state index >= 15 is 0 Å². The van der Waals surface area contributed by atoms with E-state index in [1.165, 1.54) is 0 Å². The van der Waals surface area contributed by atoms with Crippen LogP contribution < -0.4 is 5.32 Å². The molecule has 1 heterocycles. The number of hydrogen-bond acceptors (Lipinski definition) is 2. The molecule has 1 N–H and O–H groups in total. The predicted molar refractivity (Wildman–Crippen MR) is 97.4 cm³/mol. The van der Waals surface area contributed by atoms with E-state index in [2.05, 4.69) is 5.32 Å². The molecule has 4 rings (SSSR count). The average molecular weight is 360 g/mol. The van der Waals surface area contributed by atoms with Gasteiger partial charge in [0.15, 0.2) is 0 Å². The maximum atomic E-state index is 13.1. The molecule has 0 radical (unpaired) electrons. The van der Waals surface area contributed by atoms with Gasteiger partial charge in [-0.25, -0.2) is 0 Å². The van der Waals surface area contributed by atoms with E-state index in [9.17, 15) is 4.79 Å². The van der Waals surface area contributed by atoms with Gasteiger partial charge in [-0.05, 0) is 36.1 Å². The first kappa shape index (κ1) is 16.1. The largest absolute Gasteiger partial charge is 0.302 e. The summed E-state index contributed by atoms with van der Waals surface area (Å²) in [5.41, 5.74) is 2.02. The van der Waals surface area contributed by atoms with Crippen LogP contribution in [0.25, 0.3) is 0 Å². The summed E-state index contributed by atoms with van der Waals surface area (Å²) in [5.74, 6) is 0.361. The highest BCUT2D eigenvalue weighted by Crippen LogP contribution is 2.47. The normalized spacial score (nSPS) is 29.5. The van der Waals surface area contributed by atoms with Crippen molar-refractivity contribution >= 4 is 29.0 Å². The molecule has 2 aliphatic rings. The first-order valence-electron chi connectivity index (χ1n) is 8.45. The van der Waals surface area contributed by atoms with Crippen LogP contribution in [0.5, 0.6) is 0 Å². The molecule has 24 heavy (non-hydrogen) atoms. The van der Waals surface area contributed by atoms with Gasteiger partial charge in [0.25, 0.3) is 0 Å². The highest BCUT2D eigenvalue weighted by molar-refractivity contribution is 6.31. The molecule has 2 nitrogen and oxygen atoms in total. The van der Waals surface area contributed by atoms with Gasteiger partial charge in [-0.15, -0.1) is 0 Å². The van der Waals surface area contributed by atoms with Gasteiger partial charge in [0, 0.05) is 34.0 Å². The van der Waals surface area contributed by atoms with Gasteiger partial charge in [-0.1, -0.05) is 66.0 Å². The number of benzene rings is 2. The third-order valence-corrected chi connectivity index (χ3v) is 6.09. The van der Waals surface area contributed by atoms with Crippen molar-refractivity contribution in [3.05, 3.63) is 69.7 Å². The number of nitrogens with one attached hydrogen (secondary N) is 1. The molecule has 1 aliphatic carbocycles. The van der Waals surface area contributed by atoms with Crippen molar-refractivity contribution in [2.24, 2.45) is 11.8 Å². The van der Waals surface area contributed by atoms with Crippen molar-refractivity contribution in [3.8, 4) is 0 Å². The number of hydrogen-bond donors (Lipinski definition) is 1. The zero-order valence-corrected chi connectivity index (χ0v) is 14.7. The second-order valence-electron chi connectivity index (χ2n) is 6.71. The van der Waals surface area contributed by atoms with Gasteiger partial charge in [0.1, 0.15) is 5.78 Å². The van der Waals surface area contributed by atoms with Crippen LogP contribution in [0.3, 0.4) is 0 Å². The van der Waals surface area contributed by atoms with Gasteiger partial charge in [0.05, 0.1) is 0 Å². The average Bonchev–Trinajstić information content (AvgIpc) is 2.57. The van der Waals surface area contributed by atoms with E-state index in [0.29, 0.717) is 15.8 Å². The number of rotatable bonds is 2. The van der Waals surface area contributed by atoms with Gasteiger partial charge in [-0.2, -0.15) is 0 Å². The Morgan fingerprint density at radius 1 is 0.792 bits per heavy atom. The van der Waals surface area contributed by atoms with Gasteiger partial charge in [0.2, 0.25) is 0 Å². The second-order valence-corrected chi connectivity index (χ2v) is 7.53. The molecule has 0 aromatic heterocycles. The van der Waals surface area contributed by atoms with Crippen LogP contribution >= 0.6 is 23.2 Å². The minimum Gasteiger partial charge on any atom is -0.302 e. The van der Waals surface area contributed by atoms with E-state index in [-0.39, 0.29) is 23.9 Å². The quantitative estimate of drug-likeness (QED) is 0.781. The summed E-state index contributed by atoms with van der Waals surface area (Å²) in [5, 5.41) is 5.14. The molecular weight excluding hydrogens is 341 g/mol. The highest BCUT2D eigenvalue weighted by Gasteiger charge is 2.47. The van der Waals surface area contributed by atoms with Crippen LogP contribution in [-0.2, 0) is 4.79 Å². The van der Waals surface area contributed by atoms with Crippen LogP contribution in [-0.4, -0.2) is 5.78 Å². The van der Waals surface area contributed by atoms with Gasteiger partial charge < -0.3 is 5.32 Å². The van der Waals surface area contributed by atoms with Crippen LogP contribution in [0, 0.1) is 11.8 Å². The summed E-state index contributed by atoms with van der Waals surface area (Å²) in [6.07, 6.45) is 2.92. The lowest BCUT2D eigenvalue weighted by Gasteiger charge is -2.45. The molecule has 1 saturated heterocycles. The zero-order chi connectivity index (χ0) is 16.7. The Morgan fingerprint density at radius 3 is 1.71 bits per heavy atom. The van der Waals surface area contributed by atoms with Crippen molar-refractivity contribution in [2.75, 3.05) is 0 Å². The Kier molecular flexibility index (Phi) is 4.38. The number of Topliss-reactive ketones (excluding diaryl/α,β-unsaturated/α-hetero) is 1. The zero-order valence-electron chi connectivity index (χ0n) is 13.2. The van der Waals surface area contributed by atoms with Crippen molar-refractivity contribution in [2.45, 2.75) is 31.3 Å². The molecule has 124 valence electrons. The summed E-state index contributed by atoms with van der Waals surface area (Å²) >= 11 is 12.9. The van der Waals surface area contributed by atoms with Crippen LogP contribution in [0.1, 0.15) is 42.5 Å². The third kappa shape index (κ3) is 2.67. The topological polar surface area (TPSA) is 29.1 Å². The molecule has 1 aliphatic heterocycles. The highest BCUT2D eigenvalue weighted by atomic mass is 35.5. The molecule has 0 unspecified atom stereocenters. The van der Waals surface area contributed by atoms with Crippen molar-refractivity contribution < 1.29 is 4.79 Å². The summed E-state index contributed by atoms with van der Waals surface area (Å²) < 4.78 is 0. The number of halogens is 2. The minimum atomic E-state index is -0.0518. The standard InChI is InChI=1S/C20H19Cl2NO/c21-16-10-3-1-6-12(16)18-14-8-5-9-15(20(14)24)19(23-18)13-7-2-4-11-17(13)22/h1-4,6-7,10-11,14-15,18-19,23H,5,8-9H2/t14-,15-,18-,19+/m0/s1. The summed E-state index contributed by atoms with van der Waals surface area (Å²) in [4.78, 5) is 13.1. The maximum absolute atomic E-state index is 13.1. The van der Waals surface area contributed by atoms with E-state index in [1.54, 1.807) is 0 Å². The monoisotopic (exact) mass is 359 g/mol. The second kappa shape index (κ2) is 6.51. The van der Waals surface area contributed by atoms with Gasteiger partial charge >= 0.3 is 0 Å². The molecule has 2 fully saturated rings. The summed E-state index contributed by atoms with van der Waals surface area (Å²) in [6, 6.07) is 15.5. The van der Waals surface area contributed by atoms with Gasteiger partial charge in [-0.3, -0.25) is 4.79 Å². The van der Waals surface area contributed by atoms with E-state index < -0.39 is 0 Å². The Bertz CT molecular complexity index is 714. The number of ketones is 1. The third-order valence-electron chi connectivity index (χ3n) is 5.41. The lowest BCUT2D eigenvalue weighted by atomic mass is 9.67. The maximum Gasteiger partial charge on any atom is 0.142 e. The Labute approximate surface area is 152 Å². The van der Waals surface area contributed by atoms with Crippen molar-refractivity contribution in [1.82, 2.24) is 5.32 Å². The minimum absolute atomic E-state index is 0.00221. The molecule has 0 amide bonds. The molecule has 1 saturated carbocycles. The number of carbonyl (C=O) groups excluding carboxylic acids is 1. The fraction of sp³-hybridized carbons (Fsp3) is 0.350. The summed E-state index contributed by atoms with van der Waals surface area (Å²) in [6.45, 7) is 0. The SMILES string of the molecule is O=C1[C@H]2CCC[C@H]1[C@H](c1ccccc1Cl)N[C@@H]2c1ccccc1Cl. The lowest BCUT2D eigenvalue weighted by Crippen LogP contribution is -2.50.